The summed E-state index contributed by atoms with van der Waals surface area (Å²) in [6.45, 7) is 1.94. The second-order valence-corrected chi connectivity index (χ2v) is 4.36. The summed E-state index contributed by atoms with van der Waals surface area (Å²) in [5.74, 6) is -0.364. The molecule has 88 valence electrons. The zero-order valence-corrected chi connectivity index (χ0v) is 10.6. The topological polar surface area (TPSA) is 81.2 Å². The lowest BCUT2D eigenvalue weighted by Gasteiger charge is -2.06. The summed E-state index contributed by atoms with van der Waals surface area (Å²) >= 11 is 3.35. The molecule has 0 bridgehead atoms. The van der Waals surface area contributed by atoms with E-state index >= 15 is 0 Å². The monoisotopic (exact) mass is 295 g/mol. The van der Waals surface area contributed by atoms with Crippen LogP contribution < -0.4 is 11.1 Å². The molecule has 0 unspecified atom stereocenters. The van der Waals surface area contributed by atoms with Gasteiger partial charge in [-0.15, -0.1) is 0 Å². The van der Waals surface area contributed by atoms with E-state index in [0.29, 0.717) is 5.69 Å². The highest BCUT2D eigenvalue weighted by Gasteiger charge is 2.12. The summed E-state index contributed by atoms with van der Waals surface area (Å²) in [5.41, 5.74) is 7.17. The molecule has 1 aromatic carbocycles. The van der Waals surface area contributed by atoms with Gasteiger partial charge in [0.2, 0.25) is 0 Å². The minimum absolute atomic E-state index is 0.0292. The van der Waals surface area contributed by atoms with Gasteiger partial charge < -0.3 is 15.5 Å². The first-order chi connectivity index (χ1) is 8.06. The highest BCUT2D eigenvalue weighted by atomic mass is 79.9. The Morgan fingerprint density at radius 3 is 2.94 bits per heavy atom. The number of nitrogen functional groups attached to an aromatic ring is 1. The molecule has 2 rings (SSSR count). The van der Waals surface area contributed by atoms with Gasteiger partial charge in [-0.3, -0.25) is 4.79 Å². The maximum absolute atomic E-state index is 11.8. The van der Waals surface area contributed by atoms with Crippen LogP contribution in [0.5, 0.6) is 0 Å². The number of nitrogens with two attached hydrogens (primary N) is 1. The van der Waals surface area contributed by atoms with Crippen molar-refractivity contribution in [1.29, 1.82) is 0 Å². The number of anilines is 2. The van der Waals surface area contributed by atoms with Gasteiger partial charge in [-0.1, -0.05) is 6.07 Å². The molecule has 3 N–H and O–H groups in total. The van der Waals surface area contributed by atoms with Crippen molar-refractivity contribution in [1.82, 2.24) is 4.98 Å². The average molecular weight is 296 g/mol. The lowest BCUT2D eigenvalue weighted by molar-refractivity contribution is 0.102. The largest absolute Gasteiger partial charge is 0.431 e. The lowest BCUT2D eigenvalue weighted by Crippen LogP contribution is -2.12. The molecule has 0 aliphatic heterocycles. The predicted octanol–water partition coefficient (Wildman–Crippen LogP) is 2.58. The molecule has 6 heteroatoms. The Balaban J connectivity index is 2.21. The minimum Gasteiger partial charge on any atom is -0.431 e. The normalized spacial score (nSPS) is 10.2. The number of halogens is 1. The number of aromatic nitrogens is 1. The van der Waals surface area contributed by atoms with Crippen molar-refractivity contribution in [3.05, 3.63) is 40.2 Å². The molecule has 5 nitrogen and oxygen atoms in total. The Morgan fingerprint density at radius 2 is 2.29 bits per heavy atom. The predicted molar refractivity (Wildman–Crippen MR) is 67.7 cm³/mol. The van der Waals surface area contributed by atoms with E-state index in [1.165, 1.54) is 6.26 Å². The van der Waals surface area contributed by atoms with Gasteiger partial charge in [0.25, 0.3) is 11.9 Å². The summed E-state index contributed by atoms with van der Waals surface area (Å²) in [4.78, 5) is 15.5. The summed E-state index contributed by atoms with van der Waals surface area (Å²) < 4.78 is 5.57. The van der Waals surface area contributed by atoms with Crippen LogP contribution in [0.15, 0.2) is 33.4 Å². The van der Waals surface area contributed by atoms with Crippen LogP contribution in [0.4, 0.5) is 11.7 Å². The molecule has 1 amide bonds. The van der Waals surface area contributed by atoms with Crippen molar-refractivity contribution < 1.29 is 9.21 Å². The molecule has 0 saturated carbocycles. The Morgan fingerprint density at radius 1 is 1.53 bits per heavy atom. The van der Waals surface area contributed by atoms with Gasteiger partial charge in [-0.05, 0) is 40.5 Å². The number of nitrogens with zero attached hydrogens (tertiary/aromatic N) is 1. The smallest absolute Gasteiger partial charge is 0.292 e. The second kappa shape index (κ2) is 4.58. The highest BCUT2D eigenvalue weighted by molar-refractivity contribution is 9.10. The Kier molecular flexibility index (Phi) is 3.14. The van der Waals surface area contributed by atoms with Gasteiger partial charge in [0.05, 0.1) is 5.69 Å². The zero-order valence-electron chi connectivity index (χ0n) is 9.03. The lowest BCUT2D eigenvalue weighted by atomic mass is 10.2. The molecule has 17 heavy (non-hydrogen) atoms. The van der Waals surface area contributed by atoms with E-state index in [2.05, 4.69) is 26.2 Å². The van der Waals surface area contributed by atoms with Gasteiger partial charge in [0, 0.05) is 4.47 Å². The van der Waals surface area contributed by atoms with Crippen LogP contribution in [-0.2, 0) is 0 Å². The van der Waals surface area contributed by atoms with E-state index in [1.807, 2.05) is 25.1 Å². The van der Waals surface area contributed by atoms with Crippen LogP contribution in [-0.4, -0.2) is 10.9 Å². The number of hydrogen-bond acceptors (Lipinski definition) is 4. The fourth-order valence-electron chi connectivity index (χ4n) is 1.31. The van der Waals surface area contributed by atoms with Crippen molar-refractivity contribution in [3.8, 4) is 0 Å². The first-order valence-electron chi connectivity index (χ1n) is 4.85. The van der Waals surface area contributed by atoms with Crippen molar-refractivity contribution in [3.63, 3.8) is 0 Å². The maximum Gasteiger partial charge on any atom is 0.292 e. The van der Waals surface area contributed by atoms with E-state index in [4.69, 9.17) is 10.2 Å². The van der Waals surface area contributed by atoms with Gasteiger partial charge in [-0.25, -0.2) is 0 Å². The van der Waals surface area contributed by atoms with Crippen LogP contribution >= 0.6 is 15.9 Å². The average Bonchev–Trinajstić information content (AvgIpc) is 2.70. The fourth-order valence-corrected chi connectivity index (χ4v) is 1.66. The molecule has 0 fully saturated rings. The quantitative estimate of drug-likeness (QED) is 0.892. The third kappa shape index (κ3) is 2.65. The molecule has 2 aromatic rings. The Bertz CT molecular complexity index is 566. The molecule has 0 atom stereocenters. The molecule has 1 heterocycles. The number of benzene rings is 1. The summed E-state index contributed by atoms with van der Waals surface area (Å²) in [5, 5.41) is 2.72. The number of carbonyl (C=O) groups excluding carboxylic acids is 1. The summed E-state index contributed by atoms with van der Waals surface area (Å²) in [6, 6.07) is 5.62. The van der Waals surface area contributed by atoms with Gasteiger partial charge in [0.1, 0.15) is 6.26 Å². The molecule has 0 aliphatic carbocycles. The minimum atomic E-state index is -0.364. The van der Waals surface area contributed by atoms with Crippen molar-refractivity contribution >= 4 is 33.5 Å². The van der Waals surface area contributed by atoms with Crippen LogP contribution in [0.25, 0.3) is 0 Å². The Hall–Kier alpha value is -1.82. The number of nitrogens with one attached hydrogen (secondary N) is 1. The number of oxazole rings is 1. The van der Waals surface area contributed by atoms with Crippen molar-refractivity contribution in [2.24, 2.45) is 0 Å². The van der Waals surface area contributed by atoms with Crippen molar-refractivity contribution in [2.45, 2.75) is 6.92 Å². The summed E-state index contributed by atoms with van der Waals surface area (Å²) in [7, 11) is 0. The van der Waals surface area contributed by atoms with E-state index in [9.17, 15) is 4.79 Å². The molecular formula is C11H10BrN3O2. The zero-order chi connectivity index (χ0) is 12.4. The fraction of sp³-hybridized carbons (Fsp3) is 0.0909. The summed E-state index contributed by atoms with van der Waals surface area (Å²) in [6.07, 6.45) is 1.22. The third-order valence-electron chi connectivity index (χ3n) is 2.12. The molecule has 0 aliphatic rings. The van der Waals surface area contributed by atoms with Gasteiger partial charge in [0.15, 0.2) is 5.69 Å². The van der Waals surface area contributed by atoms with E-state index in [0.717, 1.165) is 10.0 Å². The molecule has 0 radical (unpaired) electrons. The van der Waals surface area contributed by atoms with Gasteiger partial charge in [-0.2, -0.15) is 4.98 Å². The van der Waals surface area contributed by atoms with Crippen LogP contribution in [0.2, 0.25) is 0 Å². The first-order valence-corrected chi connectivity index (χ1v) is 5.64. The number of rotatable bonds is 2. The van der Waals surface area contributed by atoms with E-state index < -0.39 is 0 Å². The Labute approximate surface area is 106 Å². The number of amides is 1. The first kappa shape index (κ1) is 11.7. The molecule has 0 saturated heterocycles. The molecule has 0 spiro atoms. The SMILES string of the molecule is Cc1ccc(Br)c(NC(=O)c2coc(N)n2)c1. The van der Waals surface area contributed by atoms with Crippen molar-refractivity contribution in [2.75, 3.05) is 11.1 Å². The van der Waals surface area contributed by atoms with Gasteiger partial charge >= 0.3 is 0 Å². The number of aryl methyl sites for hydroxylation is 1. The van der Waals surface area contributed by atoms with Crippen LogP contribution in [0.3, 0.4) is 0 Å². The molecule has 1 aromatic heterocycles. The van der Waals surface area contributed by atoms with E-state index in [-0.39, 0.29) is 17.6 Å². The highest BCUT2D eigenvalue weighted by Crippen LogP contribution is 2.23. The maximum atomic E-state index is 11.8. The molecular weight excluding hydrogens is 286 g/mol. The van der Waals surface area contributed by atoms with E-state index in [1.54, 1.807) is 0 Å². The number of hydrogen-bond donors (Lipinski definition) is 2. The number of carbonyl (C=O) groups is 1. The van der Waals surface area contributed by atoms with Crippen LogP contribution in [0.1, 0.15) is 16.1 Å². The van der Waals surface area contributed by atoms with Crippen LogP contribution in [0, 0.1) is 6.92 Å². The third-order valence-corrected chi connectivity index (χ3v) is 2.82. The second-order valence-electron chi connectivity index (χ2n) is 3.51. The standard InChI is InChI=1S/C11H10BrN3O2/c1-6-2-3-7(12)8(4-6)14-10(16)9-5-17-11(13)15-9/h2-5H,1H3,(H2,13,15)(H,14,16).